The summed E-state index contributed by atoms with van der Waals surface area (Å²) in [4.78, 5) is 0. The van der Waals surface area contributed by atoms with Crippen LogP contribution in [-0.4, -0.2) is 0 Å². The summed E-state index contributed by atoms with van der Waals surface area (Å²) in [5, 5.41) is 0. The van der Waals surface area contributed by atoms with E-state index in [0.29, 0.717) is 0 Å². The standard InChI is InChI=1S/C11H18/c1-2-10-8-9-3-6-11(10,5-1)7-4-9/h9-10H,1-8H2/t9?,10-,11?/m0/s1. The molecule has 0 nitrogen and oxygen atoms in total. The highest BCUT2D eigenvalue weighted by molar-refractivity contribution is 5.00. The molecular formula is C11H18. The Kier molecular flexibility index (Phi) is 1.20. The highest BCUT2D eigenvalue weighted by Crippen LogP contribution is 2.61. The third-order valence-electron chi connectivity index (χ3n) is 4.81. The van der Waals surface area contributed by atoms with Gasteiger partial charge in [0.1, 0.15) is 0 Å². The minimum atomic E-state index is 0.898. The first-order valence-electron chi connectivity index (χ1n) is 5.39. The van der Waals surface area contributed by atoms with Crippen molar-refractivity contribution in [1.82, 2.24) is 0 Å². The SMILES string of the molecule is C1C[C@H]2CC3CCC2(C1)CC3. The molecule has 62 valence electrons. The van der Waals surface area contributed by atoms with Gasteiger partial charge in [-0.05, 0) is 62.2 Å². The van der Waals surface area contributed by atoms with Crippen molar-refractivity contribution in [2.24, 2.45) is 17.3 Å². The lowest BCUT2D eigenvalue weighted by atomic mass is 9.56. The first-order valence-corrected chi connectivity index (χ1v) is 5.39. The fraction of sp³-hybridized carbons (Fsp3) is 1.00. The van der Waals surface area contributed by atoms with E-state index in [2.05, 4.69) is 0 Å². The van der Waals surface area contributed by atoms with Crippen LogP contribution in [0.4, 0.5) is 0 Å². The Morgan fingerprint density at radius 1 is 0.909 bits per heavy atom. The zero-order chi connectivity index (χ0) is 7.31. The summed E-state index contributed by atoms with van der Waals surface area (Å²) >= 11 is 0. The highest BCUT2D eigenvalue weighted by atomic mass is 14.5. The average molecular weight is 150 g/mol. The Bertz CT molecular complexity index is 163. The maximum absolute atomic E-state index is 1.61. The molecule has 11 heavy (non-hydrogen) atoms. The Morgan fingerprint density at radius 2 is 1.73 bits per heavy atom. The molecule has 0 amide bonds. The van der Waals surface area contributed by atoms with Crippen LogP contribution >= 0.6 is 0 Å². The third-order valence-corrected chi connectivity index (χ3v) is 4.81. The molecule has 0 heterocycles. The van der Waals surface area contributed by atoms with E-state index in [0.717, 1.165) is 11.3 Å². The van der Waals surface area contributed by atoms with E-state index < -0.39 is 0 Å². The fourth-order valence-electron chi connectivity index (χ4n) is 4.13. The zero-order valence-electron chi connectivity index (χ0n) is 7.31. The number of rotatable bonds is 0. The van der Waals surface area contributed by atoms with Gasteiger partial charge in [0.15, 0.2) is 0 Å². The van der Waals surface area contributed by atoms with Crippen molar-refractivity contribution in [3.05, 3.63) is 0 Å². The van der Waals surface area contributed by atoms with E-state index in [1.807, 2.05) is 0 Å². The van der Waals surface area contributed by atoms with Gasteiger partial charge in [-0.15, -0.1) is 0 Å². The number of hydrogen-bond acceptors (Lipinski definition) is 0. The van der Waals surface area contributed by atoms with Crippen LogP contribution in [0.15, 0.2) is 0 Å². The second kappa shape index (κ2) is 2.02. The van der Waals surface area contributed by atoms with Crippen LogP contribution in [-0.2, 0) is 0 Å². The Morgan fingerprint density at radius 3 is 2.45 bits per heavy atom. The van der Waals surface area contributed by atoms with Gasteiger partial charge in [0.05, 0.1) is 0 Å². The lowest BCUT2D eigenvalue weighted by Gasteiger charge is -2.49. The molecule has 2 bridgehead atoms. The molecule has 1 atom stereocenters. The lowest BCUT2D eigenvalue weighted by molar-refractivity contribution is 0.0197. The van der Waals surface area contributed by atoms with Gasteiger partial charge >= 0.3 is 0 Å². The van der Waals surface area contributed by atoms with Crippen LogP contribution in [0.1, 0.15) is 51.4 Å². The van der Waals surface area contributed by atoms with Crippen molar-refractivity contribution in [1.29, 1.82) is 0 Å². The number of fused-ring (bicyclic) bond motifs is 2. The highest BCUT2D eigenvalue weighted by Gasteiger charge is 2.49. The van der Waals surface area contributed by atoms with Crippen LogP contribution in [0.2, 0.25) is 0 Å². The van der Waals surface area contributed by atoms with E-state index in [1.54, 1.807) is 51.4 Å². The molecule has 1 spiro atoms. The maximum Gasteiger partial charge on any atom is -0.0269 e. The molecule has 0 unspecified atom stereocenters. The lowest BCUT2D eigenvalue weighted by Crippen LogP contribution is -2.38. The molecule has 4 saturated carbocycles. The molecule has 0 aliphatic heterocycles. The van der Waals surface area contributed by atoms with Crippen molar-refractivity contribution >= 4 is 0 Å². The smallest absolute Gasteiger partial charge is 0.0269 e. The Balaban J connectivity index is 1.94. The van der Waals surface area contributed by atoms with Crippen molar-refractivity contribution in [2.45, 2.75) is 51.4 Å². The molecule has 0 heteroatoms. The van der Waals surface area contributed by atoms with Crippen LogP contribution in [0.25, 0.3) is 0 Å². The average Bonchev–Trinajstić information content (AvgIpc) is 2.47. The van der Waals surface area contributed by atoms with E-state index in [1.165, 1.54) is 5.92 Å². The predicted molar refractivity (Wildman–Crippen MR) is 46.3 cm³/mol. The molecule has 0 aromatic carbocycles. The zero-order valence-corrected chi connectivity index (χ0v) is 7.31. The minimum Gasteiger partial charge on any atom is -0.0525 e. The quantitative estimate of drug-likeness (QED) is 0.496. The number of hydrogen-bond donors (Lipinski definition) is 0. The van der Waals surface area contributed by atoms with Gasteiger partial charge in [0.2, 0.25) is 0 Å². The van der Waals surface area contributed by atoms with Crippen LogP contribution in [0, 0.1) is 17.3 Å². The molecule has 4 aliphatic rings. The predicted octanol–water partition coefficient (Wildman–Crippen LogP) is 3.37. The van der Waals surface area contributed by atoms with Crippen LogP contribution in [0.5, 0.6) is 0 Å². The van der Waals surface area contributed by atoms with Gasteiger partial charge in [-0.1, -0.05) is 6.42 Å². The van der Waals surface area contributed by atoms with E-state index in [9.17, 15) is 0 Å². The van der Waals surface area contributed by atoms with Gasteiger partial charge in [0.25, 0.3) is 0 Å². The molecule has 0 aromatic heterocycles. The summed E-state index contributed by atoms with van der Waals surface area (Å²) in [6.45, 7) is 0. The van der Waals surface area contributed by atoms with Gasteiger partial charge in [-0.25, -0.2) is 0 Å². The van der Waals surface area contributed by atoms with Crippen molar-refractivity contribution in [3.8, 4) is 0 Å². The minimum absolute atomic E-state index is 0.898. The van der Waals surface area contributed by atoms with Gasteiger partial charge in [-0.2, -0.15) is 0 Å². The summed E-state index contributed by atoms with van der Waals surface area (Å²) in [7, 11) is 0. The molecule has 0 N–H and O–H groups in total. The summed E-state index contributed by atoms with van der Waals surface area (Å²) in [5.74, 6) is 2.33. The molecular weight excluding hydrogens is 132 g/mol. The normalized spacial score (nSPS) is 54.5. The van der Waals surface area contributed by atoms with Crippen molar-refractivity contribution < 1.29 is 0 Å². The van der Waals surface area contributed by atoms with Crippen LogP contribution < -0.4 is 0 Å². The Labute approximate surface area is 69.4 Å². The summed E-state index contributed by atoms with van der Waals surface area (Å²) in [6.07, 6.45) is 12.7. The van der Waals surface area contributed by atoms with E-state index in [4.69, 9.17) is 0 Å². The molecule has 0 saturated heterocycles. The van der Waals surface area contributed by atoms with Crippen LogP contribution in [0.3, 0.4) is 0 Å². The molecule has 4 aliphatic carbocycles. The molecule has 0 radical (unpaired) electrons. The first-order chi connectivity index (χ1) is 5.39. The van der Waals surface area contributed by atoms with Gasteiger partial charge in [-0.3, -0.25) is 0 Å². The summed E-state index contributed by atoms with van der Waals surface area (Å²) < 4.78 is 0. The van der Waals surface area contributed by atoms with E-state index >= 15 is 0 Å². The summed E-state index contributed by atoms with van der Waals surface area (Å²) in [5.41, 5.74) is 0.898. The maximum atomic E-state index is 1.61. The monoisotopic (exact) mass is 150 g/mol. The fourth-order valence-corrected chi connectivity index (χ4v) is 4.13. The summed E-state index contributed by atoms with van der Waals surface area (Å²) in [6, 6.07) is 0. The second-order valence-electron chi connectivity index (χ2n) is 5.13. The topological polar surface area (TPSA) is 0 Å². The Hall–Kier alpha value is 0. The van der Waals surface area contributed by atoms with Gasteiger partial charge < -0.3 is 0 Å². The molecule has 4 rings (SSSR count). The van der Waals surface area contributed by atoms with Gasteiger partial charge in [0, 0.05) is 0 Å². The van der Waals surface area contributed by atoms with E-state index in [-0.39, 0.29) is 0 Å². The molecule has 4 fully saturated rings. The third kappa shape index (κ3) is 0.761. The largest absolute Gasteiger partial charge is 0.0525 e. The molecule has 0 aromatic rings. The van der Waals surface area contributed by atoms with Crippen molar-refractivity contribution in [3.63, 3.8) is 0 Å². The first kappa shape index (κ1) is 6.51. The van der Waals surface area contributed by atoms with Crippen molar-refractivity contribution in [2.75, 3.05) is 0 Å². The second-order valence-corrected chi connectivity index (χ2v) is 5.13.